The van der Waals surface area contributed by atoms with E-state index in [2.05, 4.69) is 49.7 Å². The van der Waals surface area contributed by atoms with Crippen LogP contribution in [-0.4, -0.2) is 60.6 Å². The van der Waals surface area contributed by atoms with Gasteiger partial charge in [0.15, 0.2) is 0 Å². The van der Waals surface area contributed by atoms with Crippen LogP contribution < -0.4 is 5.32 Å². The molecule has 114 valence electrons. The van der Waals surface area contributed by atoms with E-state index in [-0.39, 0.29) is 0 Å². The molecular formula is C16H35N3. The zero-order chi connectivity index (χ0) is 14.3. The van der Waals surface area contributed by atoms with Crippen molar-refractivity contribution in [3.8, 4) is 0 Å². The number of nitrogens with zero attached hydrogens (tertiary/aromatic N) is 2. The SMILES string of the molecule is CCCNC(C)CC(C)N1CCN(C(C)CC)CC1. The minimum absolute atomic E-state index is 0.641. The summed E-state index contributed by atoms with van der Waals surface area (Å²) in [5.74, 6) is 0. The Balaban J connectivity index is 2.26. The van der Waals surface area contributed by atoms with E-state index in [0.717, 1.165) is 12.6 Å². The molecule has 0 aromatic carbocycles. The summed E-state index contributed by atoms with van der Waals surface area (Å²) in [6, 6.07) is 2.10. The highest BCUT2D eigenvalue weighted by atomic mass is 15.3. The fraction of sp³-hybridized carbons (Fsp3) is 1.00. The van der Waals surface area contributed by atoms with Gasteiger partial charge in [0.25, 0.3) is 0 Å². The summed E-state index contributed by atoms with van der Waals surface area (Å²) in [6.45, 7) is 17.7. The second-order valence-electron chi connectivity index (χ2n) is 6.27. The van der Waals surface area contributed by atoms with E-state index < -0.39 is 0 Å². The zero-order valence-electron chi connectivity index (χ0n) is 13.8. The summed E-state index contributed by atoms with van der Waals surface area (Å²) in [5, 5.41) is 3.60. The van der Waals surface area contributed by atoms with E-state index >= 15 is 0 Å². The van der Waals surface area contributed by atoms with E-state index in [0.29, 0.717) is 12.1 Å². The molecule has 0 saturated carbocycles. The molecule has 3 atom stereocenters. The number of hydrogen-bond donors (Lipinski definition) is 1. The third-order valence-electron chi connectivity index (χ3n) is 4.62. The minimum atomic E-state index is 0.641. The van der Waals surface area contributed by atoms with Gasteiger partial charge in [0.2, 0.25) is 0 Å². The van der Waals surface area contributed by atoms with Crippen molar-refractivity contribution in [2.24, 2.45) is 0 Å². The van der Waals surface area contributed by atoms with Gasteiger partial charge in [0.1, 0.15) is 0 Å². The van der Waals surface area contributed by atoms with Crippen LogP contribution in [0.2, 0.25) is 0 Å². The van der Waals surface area contributed by atoms with Crippen molar-refractivity contribution in [1.82, 2.24) is 15.1 Å². The topological polar surface area (TPSA) is 18.5 Å². The van der Waals surface area contributed by atoms with Crippen LogP contribution in [0, 0.1) is 0 Å². The highest BCUT2D eigenvalue weighted by molar-refractivity contribution is 4.80. The Hall–Kier alpha value is -0.120. The summed E-state index contributed by atoms with van der Waals surface area (Å²) >= 11 is 0. The molecule has 1 aliphatic heterocycles. The minimum Gasteiger partial charge on any atom is -0.314 e. The van der Waals surface area contributed by atoms with Crippen molar-refractivity contribution in [2.45, 2.75) is 72.0 Å². The molecule has 0 amide bonds. The van der Waals surface area contributed by atoms with Crippen LogP contribution in [0.1, 0.15) is 53.9 Å². The molecule has 0 bridgehead atoms. The first-order valence-electron chi connectivity index (χ1n) is 8.29. The first kappa shape index (κ1) is 16.9. The quantitative estimate of drug-likeness (QED) is 0.730. The summed E-state index contributed by atoms with van der Waals surface area (Å²) in [6.07, 6.45) is 3.77. The number of hydrogen-bond acceptors (Lipinski definition) is 3. The summed E-state index contributed by atoms with van der Waals surface area (Å²) in [5.41, 5.74) is 0. The number of nitrogens with one attached hydrogen (secondary N) is 1. The predicted molar refractivity (Wildman–Crippen MR) is 84.7 cm³/mol. The van der Waals surface area contributed by atoms with Gasteiger partial charge < -0.3 is 5.32 Å². The summed E-state index contributed by atoms with van der Waals surface area (Å²) in [4.78, 5) is 5.31. The lowest BCUT2D eigenvalue weighted by atomic mass is 10.1. The maximum atomic E-state index is 3.60. The molecule has 3 heteroatoms. The van der Waals surface area contributed by atoms with Gasteiger partial charge >= 0.3 is 0 Å². The molecule has 0 spiro atoms. The molecule has 3 unspecified atom stereocenters. The van der Waals surface area contributed by atoms with E-state index in [1.165, 1.54) is 45.4 Å². The Morgan fingerprint density at radius 2 is 1.42 bits per heavy atom. The normalized spacial score (nSPS) is 23.2. The van der Waals surface area contributed by atoms with Crippen LogP contribution in [0.25, 0.3) is 0 Å². The average molecular weight is 269 g/mol. The van der Waals surface area contributed by atoms with Crippen LogP contribution in [0.4, 0.5) is 0 Å². The molecule has 0 aliphatic carbocycles. The van der Waals surface area contributed by atoms with Gasteiger partial charge in [-0.05, 0) is 46.6 Å². The molecular weight excluding hydrogens is 234 g/mol. The number of piperazine rings is 1. The Morgan fingerprint density at radius 1 is 0.895 bits per heavy atom. The zero-order valence-corrected chi connectivity index (χ0v) is 13.8. The van der Waals surface area contributed by atoms with Gasteiger partial charge in [-0.3, -0.25) is 9.80 Å². The predicted octanol–water partition coefficient (Wildman–Crippen LogP) is 2.57. The monoisotopic (exact) mass is 269 g/mol. The molecule has 1 fully saturated rings. The number of rotatable bonds is 8. The van der Waals surface area contributed by atoms with Crippen molar-refractivity contribution in [3.63, 3.8) is 0 Å². The van der Waals surface area contributed by atoms with Gasteiger partial charge in [-0.25, -0.2) is 0 Å². The highest BCUT2D eigenvalue weighted by Crippen LogP contribution is 2.13. The molecule has 1 aliphatic rings. The average Bonchev–Trinajstić information content (AvgIpc) is 2.44. The van der Waals surface area contributed by atoms with Crippen LogP contribution in [0.3, 0.4) is 0 Å². The summed E-state index contributed by atoms with van der Waals surface area (Å²) in [7, 11) is 0. The maximum Gasteiger partial charge on any atom is 0.0113 e. The van der Waals surface area contributed by atoms with Gasteiger partial charge in [-0.15, -0.1) is 0 Å². The van der Waals surface area contributed by atoms with Gasteiger partial charge in [0, 0.05) is 44.3 Å². The molecule has 1 N–H and O–H groups in total. The lowest BCUT2D eigenvalue weighted by Crippen LogP contribution is -2.52. The van der Waals surface area contributed by atoms with E-state index in [1.54, 1.807) is 0 Å². The van der Waals surface area contributed by atoms with Crippen LogP contribution in [-0.2, 0) is 0 Å². The van der Waals surface area contributed by atoms with Gasteiger partial charge in [-0.2, -0.15) is 0 Å². The molecule has 3 nitrogen and oxygen atoms in total. The van der Waals surface area contributed by atoms with Gasteiger partial charge in [0.05, 0.1) is 0 Å². The van der Waals surface area contributed by atoms with Crippen LogP contribution in [0.5, 0.6) is 0 Å². The lowest BCUT2D eigenvalue weighted by molar-refractivity contribution is 0.0721. The maximum absolute atomic E-state index is 3.60. The third kappa shape index (κ3) is 5.80. The van der Waals surface area contributed by atoms with Crippen molar-refractivity contribution in [2.75, 3.05) is 32.7 Å². The van der Waals surface area contributed by atoms with E-state index in [1.807, 2.05) is 0 Å². The molecule has 0 aromatic heterocycles. The molecule has 1 rings (SSSR count). The first-order valence-corrected chi connectivity index (χ1v) is 8.29. The second kappa shape index (κ2) is 8.93. The fourth-order valence-electron chi connectivity index (χ4n) is 3.01. The van der Waals surface area contributed by atoms with E-state index in [4.69, 9.17) is 0 Å². The standard InChI is InChI=1S/C16H35N3/c1-6-8-17-14(3)13-16(5)19-11-9-18(10-12-19)15(4)7-2/h14-17H,6-13H2,1-5H3. The highest BCUT2D eigenvalue weighted by Gasteiger charge is 2.23. The largest absolute Gasteiger partial charge is 0.314 e. The summed E-state index contributed by atoms with van der Waals surface area (Å²) < 4.78 is 0. The van der Waals surface area contributed by atoms with Crippen LogP contribution in [0.15, 0.2) is 0 Å². The van der Waals surface area contributed by atoms with Crippen molar-refractivity contribution in [3.05, 3.63) is 0 Å². The second-order valence-corrected chi connectivity index (χ2v) is 6.27. The Bertz CT molecular complexity index is 224. The molecule has 1 heterocycles. The fourth-order valence-corrected chi connectivity index (χ4v) is 3.01. The van der Waals surface area contributed by atoms with Gasteiger partial charge in [-0.1, -0.05) is 13.8 Å². The third-order valence-corrected chi connectivity index (χ3v) is 4.62. The Labute approximate surface area is 120 Å². The smallest absolute Gasteiger partial charge is 0.0113 e. The molecule has 1 saturated heterocycles. The molecule has 0 radical (unpaired) electrons. The Morgan fingerprint density at radius 3 is 1.89 bits per heavy atom. The molecule has 19 heavy (non-hydrogen) atoms. The van der Waals surface area contributed by atoms with Crippen molar-refractivity contribution in [1.29, 1.82) is 0 Å². The lowest BCUT2D eigenvalue weighted by Gasteiger charge is -2.41. The van der Waals surface area contributed by atoms with Crippen molar-refractivity contribution >= 4 is 0 Å². The first-order chi connectivity index (χ1) is 9.08. The van der Waals surface area contributed by atoms with Crippen molar-refractivity contribution < 1.29 is 0 Å². The molecule has 0 aromatic rings. The van der Waals surface area contributed by atoms with Crippen LogP contribution >= 0.6 is 0 Å². The van der Waals surface area contributed by atoms with E-state index in [9.17, 15) is 0 Å². The Kier molecular flexibility index (Phi) is 7.96.